The first kappa shape index (κ1) is 11.0. The van der Waals surface area contributed by atoms with Gasteiger partial charge in [-0.2, -0.15) is 5.26 Å². The van der Waals surface area contributed by atoms with E-state index in [-0.39, 0.29) is 11.1 Å². The van der Waals surface area contributed by atoms with E-state index in [2.05, 4.69) is 15.9 Å². The van der Waals surface area contributed by atoms with Gasteiger partial charge in [-0.15, -0.1) is 0 Å². The Morgan fingerprint density at radius 2 is 2.29 bits per heavy atom. The summed E-state index contributed by atoms with van der Waals surface area (Å²) in [6.07, 6.45) is 0. The van der Waals surface area contributed by atoms with Crippen LogP contribution in [-0.4, -0.2) is 11.1 Å². The number of carboxylic acid groups (broad SMARTS) is 1. The maximum Gasteiger partial charge on any atom is 0.337 e. The minimum atomic E-state index is -1.12. The molecule has 0 heterocycles. The molecule has 0 fully saturated rings. The number of alkyl halides is 1. The smallest absolute Gasteiger partial charge is 0.337 e. The van der Waals surface area contributed by atoms with Crippen molar-refractivity contribution in [3.63, 3.8) is 0 Å². The van der Waals surface area contributed by atoms with Gasteiger partial charge in [-0.25, -0.2) is 4.79 Å². The average molecular weight is 275 g/mol. The number of benzene rings is 1. The molecule has 0 unspecified atom stereocenters. The van der Waals surface area contributed by atoms with Crippen LogP contribution in [0.5, 0.6) is 0 Å². The van der Waals surface area contributed by atoms with E-state index < -0.39 is 5.97 Å². The fourth-order valence-electron chi connectivity index (χ4n) is 0.990. The minimum Gasteiger partial charge on any atom is -0.478 e. The molecule has 0 aliphatic rings. The molecule has 5 heteroatoms. The summed E-state index contributed by atoms with van der Waals surface area (Å²) >= 11 is 8.99. The zero-order chi connectivity index (χ0) is 10.7. The molecule has 1 N–H and O–H groups in total. The highest BCUT2D eigenvalue weighted by Crippen LogP contribution is 2.23. The Balaban J connectivity index is 3.42. The lowest BCUT2D eigenvalue weighted by Gasteiger charge is -2.03. The van der Waals surface area contributed by atoms with Crippen LogP contribution in [-0.2, 0) is 5.33 Å². The Morgan fingerprint density at radius 1 is 1.64 bits per heavy atom. The van der Waals surface area contributed by atoms with E-state index in [9.17, 15) is 4.79 Å². The van der Waals surface area contributed by atoms with Crippen molar-refractivity contribution in [2.24, 2.45) is 0 Å². The molecule has 0 saturated heterocycles. The van der Waals surface area contributed by atoms with Crippen LogP contribution < -0.4 is 0 Å². The largest absolute Gasteiger partial charge is 0.478 e. The molecule has 1 aromatic carbocycles. The summed E-state index contributed by atoms with van der Waals surface area (Å²) in [5.41, 5.74) is 0.710. The Hall–Kier alpha value is -1.05. The van der Waals surface area contributed by atoms with Gasteiger partial charge in [0.15, 0.2) is 0 Å². The summed E-state index contributed by atoms with van der Waals surface area (Å²) in [6.45, 7) is 0. The van der Waals surface area contributed by atoms with Crippen LogP contribution in [0.25, 0.3) is 0 Å². The van der Waals surface area contributed by atoms with E-state index in [0.717, 1.165) is 0 Å². The van der Waals surface area contributed by atoms with E-state index in [0.29, 0.717) is 15.9 Å². The van der Waals surface area contributed by atoms with Gasteiger partial charge in [-0.3, -0.25) is 0 Å². The van der Waals surface area contributed by atoms with Gasteiger partial charge in [0.1, 0.15) is 6.07 Å². The molecule has 0 radical (unpaired) electrons. The fraction of sp³-hybridized carbons (Fsp3) is 0.111. The molecule has 0 bridgehead atoms. The summed E-state index contributed by atoms with van der Waals surface area (Å²) < 4.78 is 0. The number of hydrogen-bond donors (Lipinski definition) is 1. The number of aromatic carboxylic acids is 1. The molecular formula is C9H5BrClNO2. The lowest BCUT2D eigenvalue weighted by molar-refractivity contribution is 0.0696. The van der Waals surface area contributed by atoms with E-state index in [1.54, 1.807) is 6.07 Å². The second-order valence-electron chi connectivity index (χ2n) is 2.54. The first-order chi connectivity index (χ1) is 6.60. The van der Waals surface area contributed by atoms with Gasteiger partial charge < -0.3 is 5.11 Å². The molecule has 0 saturated carbocycles. The van der Waals surface area contributed by atoms with Crippen LogP contribution in [0.1, 0.15) is 21.5 Å². The first-order valence-electron chi connectivity index (χ1n) is 3.62. The number of carbonyl (C=O) groups is 1. The summed E-state index contributed by atoms with van der Waals surface area (Å²) in [4.78, 5) is 10.8. The Kier molecular flexibility index (Phi) is 3.50. The van der Waals surface area contributed by atoms with Gasteiger partial charge in [0.05, 0.1) is 11.1 Å². The van der Waals surface area contributed by atoms with Gasteiger partial charge in [-0.05, 0) is 17.7 Å². The van der Waals surface area contributed by atoms with Crippen LogP contribution in [0.4, 0.5) is 0 Å². The highest BCUT2D eigenvalue weighted by molar-refractivity contribution is 9.08. The topological polar surface area (TPSA) is 61.1 Å². The molecular weight excluding hydrogens is 269 g/mol. The zero-order valence-electron chi connectivity index (χ0n) is 6.92. The van der Waals surface area contributed by atoms with Crippen molar-refractivity contribution in [2.45, 2.75) is 5.33 Å². The Morgan fingerprint density at radius 3 is 2.71 bits per heavy atom. The zero-order valence-corrected chi connectivity index (χ0v) is 9.26. The maximum absolute atomic E-state index is 10.8. The van der Waals surface area contributed by atoms with Crippen molar-refractivity contribution >= 4 is 33.5 Å². The third kappa shape index (κ3) is 2.06. The highest BCUT2D eigenvalue weighted by Gasteiger charge is 2.13. The molecule has 0 aliphatic carbocycles. The molecule has 0 aliphatic heterocycles. The third-order valence-corrected chi connectivity index (χ3v) is 2.64. The lowest BCUT2D eigenvalue weighted by Crippen LogP contribution is -2.01. The standard InChI is InChI=1S/C9H5BrClNO2/c10-3-5-1-7(9(13)14)6(4-12)2-8(5)11/h1-2H,3H2,(H,13,14). The molecule has 0 amide bonds. The number of nitrogens with zero attached hydrogens (tertiary/aromatic N) is 1. The first-order valence-corrected chi connectivity index (χ1v) is 5.12. The number of halogens is 2. The molecule has 0 atom stereocenters. The number of nitriles is 1. The molecule has 1 aromatic rings. The van der Waals surface area contributed by atoms with Gasteiger partial charge in [-0.1, -0.05) is 27.5 Å². The van der Waals surface area contributed by atoms with Crippen LogP contribution in [0, 0.1) is 11.3 Å². The van der Waals surface area contributed by atoms with Crippen molar-refractivity contribution in [2.75, 3.05) is 0 Å². The second-order valence-corrected chi connectivity index (χ2v) is 3.51. The van der Waals surface area contributed by atoms with Crippen LogP contribution >= 0.6 is 27.5 Å². The van der Waals surface area contributed by atoms with Crippen molar-refractivity contribution in [3.05, 3.63) is 33.8 Å². The van der Waals surface area contributed by atoms with Crippen molar-refractivity contribution < 1.29 is 9.90 Å². The average Bonchev–Trinajstić information content (AvgIpc) is 2.16. The van der Waals surface area contributed by atoms with Gasteiger partial charge in [0.2, 0.25) is 0 Å². The summed E-state index contributed by atoms with van der Waals surface area (Å²) in [6, 6.07) is 4.55. The number of carboxylic acids is 1. The second kappa shape index (κ2) is 4.45. The van der Waals surface area contributed by atoms with E-state index in [1.807, 2.05) is 0 Å². The Bertz CT molecular complexity index is 426. The van der Waals surface area contributed by atoms with Crippen molar-refractivity contribution in [1.29, 1.82) is 5.26 Å². The van der Waals surface area contributed by atoms with Crippen molar-refractivity contribution in [3.8, 4) is 6.07 Å². The minimum absolute atomic E-state index is 0.0219. The molecule has 0 aromatic heterocycles. The quantitative estimate of drug-likeness (QED) is 0.844. The molecule has 72 valence electrons. The van der Waals surface area contributed by atoms with Crippen LogP contribution in [0.3, 0.4) is 0 Å². The van der Waals surface area contributed by atoms with Gasteiger partial charge in [0.25, 0.3) is 0 Å². The van der Waals surface area contributed by atoms with E-state index in [4.69, 9.17) is 22.0 Å². The van der Waals surface area contributed by atoms with Gasteiger partial charge in [0, 0.05) is 10.4 Å². The molecule has 3 nitrogen and oxygen atoms in total. The number of hydrogen-bond acceptors (Lipinski definition) is 2. The van der Waals surface area contributed by atoms with Gasteiger partial charge >= 0.3 is 5.97 Å². The van der Waals surface area contributed by atoms with Crippen LogP contribution in [0.15, 0.2) is 12.1 Å². The third-order valence-electron chi connectivity index (χ3n) is 1.68. The normalized spacial score (nSPS) is 9.50. The predicted octanol–water partition coefficient (Wildman–Crippen LogP) is 2.80. The van der Waals surface area contributed by atoms with Crippen molar-refractivity contribution in [1.82, 2.24) is 0 Å². The van der Waals surface area contributed by atoms with Crippen LogP contribution in [0.2, 0.25) is 5.02 Å². The summed E-state index contributed by atoms with van der Waals surface area (Å²) in [5, 5.41) is 18.3. The predicted molar refractivity (Wildman–Crippen MR) is 55.8 cm³/mol. The number of rotatable bonds is 2. The lowest BCUT2D eigenvalue weighted by atomic mass is 10.1. The fourth-order valence-corrected chi connectivity index (χ4v) is 1.85. The SMILES string of the molecule is N#Cc1cc(Cl)c(CBr)cc1C(=O)O. The summed E-state index contributed by atoms with van der Waals surface area (Å²) in [7, 11) is 0. The Labute approximate surface area is 94.0 Å². The molecule has 0 spiro atoms. The molecule has 1 rings (SSSR count). The highest BCUT2D eigenvalue weighted by atomic mass is 79.9. The maximum atomic E-state index is 10.8. The van der Waals surface area contributed by atoms with E-state index >= 15 is 0 Å². The molecule has 14 heavy (non-hydrogen) atoms. The monoisotopic (exact) mass is 273 g/mol. The summed E-state index contributed by atoms with van der Waals surface area (Å²) in [5.74, 6) is -1.12. The van der Waals surface area contributed by atoms with E-state index in [1.165, 1.54) is 12.1 Å².